The van der Waals surface area contributed by atoms with E-state index in [9.17, 15) is 4.79 Å². The van der Waals surface area contributed by atoms with Crippen molar-refractivity contribution < 1.29 is 9.53 Å². The van der Waals surface area contributed by atoms with Crippen molar-refractivity contribution in [3.63, 3.8) is 0 Å². The summed E-state index contributed by atoms with van der Waals surface area (Å²) < 4.78 is 4.82. The number of ether oxygens (including phenoxy) is 1. The van der Waals surface area contributed by atoms with Gasteiger partial charge < -0.3 is 10.1 Å². The van der Waals surface area contributed by atoms with Crippen LogP contribution in [0.4, 0.5) is 22.0 Å². The summed E-state index contributed by atoms with van der Waals surface area (Å²) in [6.07, 6.45) is 2.08. The molecular formula is C17H21N3O2. The van der Waals surface area contributed by atoms with Gasteiger partial charge in [0.25, 0.3) is 0 Å². The highest BCUT2D eigenvalue weighted by Gasteiger charge is 2.06. The van der Waals surface area contributed by atoms with Gasteiger partial charge in [-0.2, -0.15) is 0 Å². The molecular weight excluding hydrogens is 278 g/mol. The predicted octanol–water partition coefficient (Wildman–Crippen LogP) is 4.26. The first kappa shape index (κ1) is 15.8. The number of benzene rings is 1. The Morgan fingerprint density at radius 1 is 1.23 bits per heavy atom. The fraction of sp³-hybridized carbons (Fsp3) is 0.294. The average Bonchev–Trinajstić information content (AvgIpc) is 2.51. The van der Waals surface area contributed by atoms with Crippen LogP contribution in [0.15, 0.2) is 36.5 Å². The zero-order chi connectivity index (χ0) is 15.9. The molecule has 2 N–H and O–H groups in total. The number of pyridine rings is 1. The third-order valence-electron chi connectivity index (χ3n) is 3.28. The van der Waals surface area contributed by atoms with E-state index < -0.39 is 6.09 Å². The number of nitrogens with zero attached hydrogens (tertiary/aromatic N) is 1. The number of carbonyl (C=O) groups excluding carboxylic acids is 1. The van der Waals surface area contributed by atoms with Crippen LogP contribution in [0.25, 0.3) is 0 Å². The molecule has 5 heteroatoms. The first-order chi connectivity index (χ1) is 10.6. The van der Waals surface area contributed by atoms with Crippen molar-refractivity contribution in [1.29, 1.82) is 0 Å². The molecule has 1 aromatic carbocycles. The normalized spacial score (nSPS) is 10.1. The second kappa shape index (κ2) is 7.45. The summed E-state index contributed by atoms with van der Waals surface area (Å²) in [4.78, 5) is 15.7. The third-order valence-corrected chi connectivity index (χ3v) is 3.28. The molecule has 5 nitrogen and oxygen atoms in total. The van der Waals surface area contributed by atoms with Gasteiger partial charge >= 0.3 is 6.09 Å². The van der Waals surface area contributed by atoms with Crippen LogP contribution in [0.3, 0.4) is 0 Å². The van der Waals surface area contributed by atoms with Crippen molar-refractivity contribution in [3.8, 4) is 0 Å². The number of aryl methyl sites for hydroxylation is 2. The van der Waals surface area contributed by atoms with Crippen LogP contribution < -0.4 is 10.6 Å². The molecule has 0 saturated heterocycles. The lowest BCUT2D eigenvalue weighted by Crippen LogP contribution is -2.13. The lowest BCUT2D eigenvalue weighted by molar-refractivity contribution is 0.168. The number of nitrogens with one attached hydrogen (secondary N) is 2. The molecule has 2 aromatic rings. The highest BCUT2D eigenvalue weighted by atomic mass is 16.5. The van der Waals surface area contributed by atoms with Gasteiger partial charge in [-0.1, -0.05) is 25.1 Å². The predicted molar refractivity (Wildman–Crippen MR) is 88.7 cm³/mol. The van der Waals surface area contributed by atoms with E-state index in [1.54, 1.807) is 19.2 Å². The molecule has 0 unspecified atom stereocenters. The highest BCUT2D eigenvalue weighted by Crippen LogP contribution is 2.24. The Hall–Kier alpha value is -2.56. The second-order valence-electron chi connectivity index (χ2n) is 4.87. The SMILES string of the molecule is CCOC(=O)Nc1ccc(Nc2c(C)cccc2CC)nc1. The van der Waals surface area contributed by atoms with Gasteiger partial charge in [-0.25, -0.2) is 9.78 Å². The van der Waals surface area contributed by atoms with Crippen LogP contribution in [0.1, 0.15) is 25.0 Å². The Balaban J connectivity index is 2.10. The van der Waals surface area contributed by atoms with E-state index in [-0.39, 0.29) is 0 Å². The van der Waals surface area contributed by atoms with Crippen molar-refractivity contribution >= 4 is 23.3 Å². The molecule has 0 aliphatic rings. The fourth-order valence-corrected chi connectivity index (χ4v) is 2.16. The molecule has 0 atom stereocenters. The number of hydrogen-bond acceptors (Lipinski definition) is 4. The smallest absolute Gasteiger partial charge is 0.411 e. The standard InChI is InChI=1S/C17H21N3O2/c1-4-13-8-6-7-12(3)16(13)20-15-10-9-14(11-18-15)19-17(21)22-5-2/h6-11H,4-5H2,1-3H3,(H,18,20)(H,19,21). The minimum atomic E-state index is -0.475. The molecule has 1 amide bonds. The molecule has 0 aliphatic heterocycles. The molecule has 0 aliphatic carbocycles. The molecule has 22 heavy (non-hydrogen) atoms. The van der Waals surface area contributed by atoms with Gasteiger partial charge in [-0.3, -0.25) is 5.32 Å². The fourth-order valence-electron chi connectivity index (χ4n) is 2.16. The molecule has 0 radical (unpaired) electrons. The van der Waals surface area contributed by atoms with Crippen molar-refractivity contribution in [3.05, 3.63) is 47.7 Å². The molecule has 116 valence electrons. The minimum absolute atomic E-state index is 0.339. The molecule has 0 spiro atoms. The average molecular weight is 299 g/mol. The van der Waals surface area contributed by atoms with Crippen LogP contribution in [-0.2, 0) is 11.2 Å². The maximum atomic E-state index is 11.3. The lowest BCUT2D eigenvalue weighted by Gasteiger charge is -2.13. The number of hydrogen-bond donors (Lipinski definition) is 2. The van der Waals surface area contributed by atoms with Crippen molar-refractivity contribution in [2.75, 3.05) is 17.2 Å². The number of aromatic nitrogens is 1. The van der Waals surface area contributed by atoms with Gasteiger partial charge in [-0.05, 0) is 43.5 Å². The monoisotopic (exact) mass is 299 g/mol. The molecule has 0 fully saturated rings. The quantitative estimate of drug-likeness (QED) is 0.865. The first-order valence-corrected chi connectivity index (χ1v) is 7.39. The number of amides is 1. The number of carbonyl (C=O) groups is 1. The molecule has 2 rings (SSSR count). The third kappa shape index (κ3) is 3.97. The van der Waals surface area contributed by atoms with E-state index in [1.807, 2.05) is 6.07 Å². The van der Waals surface area contributed by atoms with Crippen molar-refractivity contribution in [1.82, 2.24) is 4.98 Å². The summed E-state index contributed by atoms with van der Waals surface area (Å²) in [5.41, 5.74) is 4.11. The van der Waals surface area contributed by atoms with Crippen molar-refractivity contribution in [2.45, 2.75) is 27.2 Å². The largest absolute Gasteiger partial charge is 0.450 e. The zero-order valence-corrected chi connectivity index (χ0v) is 13.1. The van der Waals surface area contributed by atoms with Gasteiger partial charge in [-0.15, -0.1) is 0 Å². The number of rotatable bonds is 5. The van der Waals surface area contributed by atoms with E-state index in [2.05, 4.69) is 47.7 Å². The van der Waals surface area contributed by atoms with Gasteiger partial charge in [0.1, 0.15) is 5.82 Å². The molecule has 1 heterocycles. The van der Waals surface area contributed by atoms with Crippen LogP contribution in [0.5, 0.6) is 0 Å². The number of anilines is 3. The zero-order valence-electron chi connectivity index (χ0n) is 13.1. The van der Waals surface area contributed by atoms with E-state index in [4.69, 9.17) is 4.74 Å². The summed E-state index contributed by atoms with van der Waals surface area (Å²) in [7, 11) is 0. The van der Waals surface area contributed by atoms with E-state index in [0.717, 1.165) is 17.9 Å². The number of para-hydroxylation sites is 1. The van der Waals surface area contributed by atoms with Gasteiger partial charge in [0.15, 0.2) is 0 Å². The van der Waals surface area contributed by atoms with E-state index >= 15 is 0 Å². The maximum absolute atomic E-state index is 11.3. The van der Waals surface area contributed by atoms with E-state index in [1.165, 1.54) is 11.1 Å². The molecule has 0 saturated carbocycles. The summed E-state index contributed by atoms with van der Waals surface area (Å²) in [5, 5.41) is 5.96. The summed E-state index contributed by atoms with van der Waals surface area (Å²) >= 11 is 0. The van der Waals surface area contributed by atoms with Gasteiger partial charge in [0.2, 0.25) is 0 Å². The van der Waals surface area contributed by atoms with Crippen LogP contribution in [0.2, 0.25) is 0 Å². The Kier molecular flexibility index (Phi) is 5.36. The van der Waals surface area contributed by atoms with Crippen LogP contribution >= 0.6 is 0 Å². The van der Waals surface area contributed by atoms with Crippen LogP contribution in [0, 0.1) is 6.92 Å². The van der Waals surface area contributed by atoms with Crippen LogP contribution in [-0.4, -0.2) is 17.7 Å². The van der Waals surface area contributed by atoms with Gasteiger partial charge in [0.05, 0.1) is 18.5 Å². The molecule has 1 aromatic heterocycles. The lowest BCUT2D eigenvalue weighted by atomic mass is 10.1. The Labute approximate surface area is 130 Å². The van der Waals surface area contributed by atoms with E-state index in [0.29, 0.717) is 12.3 Å². The maximum Gasteiger partial charge on any atom is 0.411 e. The summed E-state index contributed by atoms with van der Waals surface area (Å²) in [6.45, 7) is 6.29. The molecule has 0 bridgehead atoms. The topological polar surface area (TPSA) is 63.2 Å². The summed E-state index contributed by atoms with van der Waals surface area (Å²) in [6, 6.07) is 9.84. The van der Waals surface area contributed by atoms with Crippen molar-refractivity contribution in [2.24, 2.45) is 0 Å². The first-order valence-electron chi connectivity index (χ1n) is 7.39. The second-order valence-corrected chi connectivity index (χ2v) is 4.87. The van der Waals surface area contributed by atoms with Gasteiger partial charge in [0, 0.05) is 5.69 Å². The highest BCUT2D eigenvalue weighted by molar-refractivity contribution is 5.84. The minimum Gasteiger partial charge on any atom is -0.450 e. The Morgan fingerprint density at radius 2 is 2.05 bits per heavy atom. The summed E-state index contributed by atoms with van der Waals surface area (Å²) in [5.74, 6) is 0.735. The Morgan fingerprint density at radius 3 is 2.68 bits per heavy atom. The Bertz CT molecular complexity index is 639.